The second-order valence-electron chi connectivity index (χ2n) is 9.73. The summed E-state index contributed by atoms with van der Waals surface area (Å²) in [5.74, 6) is -3.26. The van der Waals surface area contributed by atoms with Gasteiger partial charge in [-0.1, -0.05) is 36.9 Å². The summed E-state index contributed by atoms with van der Waals surface area (Å²) in [7, 11) is 0. The summed E-state index contributed by atoms with van der Waals surface area (Å²) in [6.07, 6.45) is 0.654. The molecule has 1 saturated heterocycles. The summed E-state index contributed by atoms with van der Waals surface area (Å²) in [6.45, 7) is 7.14. The first kappa shape index (κ1) is 25.2. The molecule has 0 N–H and O–H groups in total. The van der Waals surface area contributed by atoms with Gasteiger partial charge in [-0.15, -0.1) is 0 Å². The van der Waals surface area contributed by atoms with Gasteiger partial charge in [0.15, 0.2) is 5.83 Å². The molecule has 9 heteroatoms. The maximum atomic E-state index is 13.6. The number of pyridine rings is 1. The molecule has 3 heterocycles. The predicted molar refractivity (Wildman–Crippen MR) is 140 cm³/mol. The van der Waals surface area contributed by atoms with Crippen LogP contribution in [0.15, 0.2) is 54.9 Å². The van der Waals surface area contributed by atoms with Crippen LogP contribution in [-0.4, -0.2) is 54.0 Å². The molecule has 2 aliphatic rings. The van der Waals surface area contributed by atoms with Crippen molar-refractivity contribution in [2.75, 3.05) is 36.0 Å². The van der Waals surface area contributed by atoms with Gasteiger partial charge in [0.2, 0.25) is 0 Å². The molecule has 0 radical (unpaired) electrons. The number of halogens is 1. The number of fused-ring (bicyclic) bond motifs is 2. The summed E-state index contributed by atoms with van der Waals surface area (Å²) in [4.78, 5) is 34.2. The zero-order valence-electron chi connectivity index (χ0n) is 21.1. The van der Waals surface area contributed by atoms with Crippen LogP contribution in [0.5, 0.6) is 0 Å². The Labute approximate surface area is 220 Å². The fraction of sp³-hybridized carbons (Fsp3) is 0.310. The molecule has 38 heavy (non-hydrogen) atoms. The van der Waals surface area contributed by atoms with E-state index in [0.717, 1.165) is 27.6 Å². The van der Waals surface area contributed by atoms with E-state index in [1.165, 1.54) is 11.0 Å². The number of rotatable bonds is 5. The van der Waals surface area contributed by atoms with Gasteiger partial charge < -0.3 is 24.6 Å². The maximum Gasteiger partial charge on any atom is 0.282 e. The molecule has 1 fully saturated rings. The number of hydrogen-bond donors (Lipinski definition) is 0. The van der Waals surface area contributed by atoms with E-state index in [9.17, 15) is 24.3 Å². The van der Waals surface area contributed by atoms with Gasteiger partial charge in [-0.3, -0.25) is 4.79 Å². The Morgan fingerprint density at radius 3 is 2.63 bits per heavy atom. The number of carboxylic acid groups (broad SMARTS) is 1. The molecule has 8 nitrogen and oxygen atoms in total. The molecular weight excluding hydrogens is 485 g/mol. The van der Waals surface area contributed by atoms with Crippen LogP contribution < -0.4 is 14.9 Å². The van der Waals surface area contributed by atoms with E-state index in [1.54, 1.807) is 0 Å². The molecule has 0 unspecified atom stereocenters. The maximum absolute atomic E-state index is 13.6. The number of carbonyl (C=O) groups is 2. The number of piperazine rings is 1. The van der Waals surface area contributed by atoms with Crippen molar-refractivity contribution in [3.8, 4) is 6.07 Å². The molecule has 2 aliphatic heterocycles. The first-order valence-electron chi connectivity index (χ1n) is 12.5. The molecule has 194 valence electrons. The number of hydrogen-bond acceptors (Lipinski definition) is 7. The standard InChI is InChI=1S/C29H28FN5O3/c1-18-5-3-6-20-7-4-8-25(27(18)20)33-12-10-22-24(17-33)32-23(29(37)38)15-26(22)34-13-14-35(28(36)19(2)30)21(16-34)9-11-31/h3-8,15,21H,2,9-10,12-14,16-17H2,1H3,(H,37,38)/p-1/t21-/m0/s1. The normalized spacial score (nSPS) is 17.2. The molecular formula is C29H27FN5O3-. The average molecular weight is 513 g/mol. The van der Waals surface area contributed by atoms with E-state index in [-0.39, 0.29) is 25.2 Å². The fourth-order valence-corrected chi connectivity index (χ4v) is 5.66. The van der Waals surface area contributed by atoms with Crippen molar-refractivity contribution in [1.82, 2.24) is 9.88 Å². The third-order valence-corrected chi connectivity index (χ3v) is 7.44. The Morgan fingerprint density at radius 2 is 1.92 bits per heavy atom. The Kier molecular flexibility index (Phi) is 6.72. The van der Waals surface area contributed by atoms with E-state index in [4.69, 9.17) is 0 Å². The van der Waals surface area contributed by atoms with Crippen molar-refractivity contribution in [2.24, 2.45) is 0 Å². The van der Waals surface area contributed by atoms with Crippen LogP contribution in [-0.2, 0) is 17.8 Å². The monoisotopic (exact) mass is 512 g/mol. The van der Waals surface area contributed by atoms with Gasteiger partial charge in [-0.05, 0) is 36.4 Å². The number of aryl methyl sites for hydroxylation is 1. The van der Waals surface area contributed by atoms with Crippen molar-refractivity contribution in [2.45, 2.75) is 32.4 Å². The second-order valence-corrected chi connectivity index (χ2v) is 9.73. The average Bonchev–Trinajstić information content (AvgIpc) is 2.91. The first-order chi connectivity index (χ1) is 18.3. The van der Waals surface area contributed by atoms with E-state index in [2.05, 4.69) is 53.7 Å². The number of benzene rings is 2. The zero-order chi connectivity index (χ0) is 27.0. The molecule has 0 spiro atoms. The number of nitriles is 1. The lowest BCUT2D eigenvalue weighted by molar-refractivity contribution is -0.255. The third-order valence-electron chi connectivity index (χ3n) is 7.44. The number of carboxylic acids is 1. The summed E-state index contributed by atoms with van der Waals surface area (Å²) < 4.78 is 13.6. The predicted octanol–water partition coefficient (Wildman–Crippen LogP) is 2.88. The van der Waals surface area contributed by atoms with Crippen LogP contribution in [0.4, 0.5) is 15.8 Å². The third kappa shape index (κ3) is 4.54. The number of nitrogens with zero attached hydrogens (tertiary/aromatic N) is 5. The van der Waals surface area contributed by atoms with Crippen molar-refractivity contribution >= 4 is 34.0 Å². The second kappa shape index (κ2) is 10.1. The quantitative estimate of drug-likeness (QED) is 0.484. The van der Waals surface area contributed by atoms with Crippen LogP contribution in [0.3, 0.4) is 0 Å². The molecule has 5 rings (SSSR count). The zero-order valence-corrected chi connectivity index (χ0v) is 21.1. The highest BCUT2D eigenvalue weighted by Gasteiger charge is 2.34. The van der Waals surface area contributed by atoms with E-state index in [0.29, 0.717) is 37.4 Å². The molecule has 0 saturated carbocycles. The van der Waals surface area contributed by atoms with Gasteiger partial charge >= 0.3 is 0 Å². The van der Waals surface area contributed by atoms with Gasteiger partial charge in [0.25, 0.3) is 5.91 Å². The first-order valence-corrected chi connectivity index (χ1v) is 12.5. The topological polar surface area (TPSA) is 104 Å². The molecule has 3 aromatic rings. The lowest BCUT2D eigenvalue weighted by Gasteiger charge is -2.43. The molecule has 1 aromatic heterocycles. The van der Waals surface area contributed by atoms with Crippen LogP contribution in [0.2, 0.25) is 0 Å². The van der Waals surface area contributed by atoms with Crippen LogP contribution >= 0.6 is 0 Å². The minimum atomic E-state index is -1.37. The largest absolute Gasteiger partial charge is 0.543 e. The van der Waals surface area contributed by atoms with Gasteiger partial charge in [0.05, 0.1) is 42.4 Å². The highest BCUT2D eigenvalue weighted by atomic mass is 19.1. The number of aromatic carboxylic acids is 1. The number of amides is 1. The van der Waals surface area contributed by atoms with Crippen LogP contribution in [0, 0.1) is 18.3 Å². The number of carbonyl (C=O) groups excluding carboxylic acids is 2. The van der Waals surface area contributed by atoms with Gasteiger partial charge in [0.1, 0.15) is 0 Å². The van der Waals surface area contributed by atoms with Crippen molar-refractivity contribution in [1.29, 1.82) is 5.26 Å². The molecule has 1 atom stereocenters. The summed E-state index contributed by atoms with van der Waals surface area (Å²) in [6, 6.07) is 15.4. The summed E-state index contributed by atoms with van der Waals surface area (Å²) in [5, 5.41) is 23.5. The van der Waals surface area contributed by atoms with Crippen LogP contribution in [0.25, 0.3) is 10.8 Å². The van der Waals surface area contributed by atoms with Gasteiger partial charge in [-0.2, -0.15) is 5.26 Å². The number of anilines is 2. The number of aromatic nitrogens is 1. The summed E-state index contributed by atoms with van der Waals surface area (Å²) >= 11 is 0. The highest BCUT2D eigenvalue weighted by molar-refractivity contribution is 5.97. The Hall–Kier alpha value is -4.45. The lowest BCUT2D eigenvalue weighted by Crippen LogP contribution is -2.55. The van der Waals surface area contributed by atoms with Gasteiger partial charge in [0, 0.05) is 48.5 Å². The molecule has 1 amide bonds. The van der Waals surface area contributed by atoms with Gasteiger partial charge in [-0.25, -0.2) is 9.37 Å². The smallest absolute Gasteiger partial charge is 0.282 e. The minimum absolute atomic E-state index is 0.0182. The van der Waals surface area contributed by atoms with Crippen molar-refractivity contribution < 1.29 is 19.1 Å². The summed E-state index contributed by atoms with van der Waals surface area (Å²) in [5.41, 5.74) is 4.37. The molecule has 0 aliphatic carbocycles. The lowest BCUT2D eigenvalue weighted by atomic mass is 9.97. The fourth-order valence-electron chi connectivity index (χ4n) is 5.66. The van der Waals surface area contributed by atoms with E-state index in [1.807, 2.05) is 17.0 Å². The van der Waals surface area contributed by atoms with E-state index >= 15 is 0 Å². The van der Waals surface area contributed by atoms with Crippen molar-refractivity contribution in [3.05, 3.63) is 77.4 Å². The highest BCUT2D eigenvalue weighted by Crippen LogP contribution is 2.36. The van der Waals surface area contributed by atoms with E-state index < -0.39 is 23.7 Å². The molecule has 2 aromatic carbocycles. The van der Waals surface area contributed by atoms with Crippen LogP contribution in [0.1, 0.15) is 33.7 Å². The minimum Gasteiger partial charge on any atom is -0.543 e. The Bertz CT molecular complexity index is 1490. The Morgan fingerprint density at radius 1 is 1.16 bits per heavy atom. The molecule has 0 bridgehead atoms. The SMILES string of the molecule is C=C(F)C(=O)N1CCN(c2cc(C(=O)[O-])nc3c2CCN(c2cccc4cccc(C)c24)C3)C[C@@H]1CC#N. The Balaban J connectivity index is 1.51. The van der Waals surface area contributed by atoms with Crippen molar-refractivity contribution in [3.63, 3.8) is 0 Å².